The number of nitro benzene ring substituents is 1. The summed E-state index contributed by atoms with van der Waals surface area (Å²) in [5, 5.41) is 45.6. The Hall–Kier alpha value is -5.03. The van der Waals surface area contributed by atoms with Crippen molar-refractivity contribution in [2.45, 2.75) is 83.1 Å². The number of aryl methyl sites for hydroxylation is 2. The van der Waals surface area contributed by atoms with E-state index in [9.17, 15) is 30.2 Å². The third-order valence-corrected chi connectivity index (χ3v) is 12.7. The topological polar surface area (TPSA) is 192 Å². The molecule has 6 unspecified atom stereocenters. The second-order valence-corrected chi connectivity index (χ2v) is 17.0. The minimum absolute atomic E-state index is 0.00432. The van der Waals surface area contributed by atoms with E-state index in [0.29, 0.717) is 41.4 Å². The maximum absolute atomic E-state index is 14.3. The summed E-state index contributed by atoms with van der Waals surface area (Å²) in [6.07, 6.45) is 7.50. The Morgan fingerprint density at radius 3 is 2.40 bits per heavy atom. The summed E-state index contributed by atoms with van der Waals surface area (Å²) in [5.74, 6) is -0.635. The van der Waals surface area contributed by atoms with Gasteiger partial charge in [-0.05, 0) is 116 Å². The smallest absolute Gasteiger partial charge is 0.410 e. The summed E-state index contributed by atoms with van der Waals surface area (Å²) in [5.41, 5.74) is 5.11. The van der Waals surface area contributed by atoms with Crippen LogP contribution in [0.2, 0.25) is 0 Å². The first-order valence-electron chi connectivity index (χ1n) is 22.5. The number of aliphatic hydroxyl groups is 3. The average Bonchev–Trinajstić information content (AvgIpc) is 3.30. The molecule has 0 aromatic heterocycles. The molecule has 6 atom stereocenters. The molecule has 0 radical (unpaired) electrons. The van der Waals surface area contributed by atoms with Gasteiger partial charge < -0.3 is 43.8 Å². The van der Waals surface area contributed by atoms with Crippen molar-refractivity contribution >= 4 is 29.1 Å². The Balaban J connectivity index is 1.57. The van der Waals surface area contributed by atoms with Crippen LogP contribution in [0.5, 0.6) is 17.2 Å². The summed E-state index contributed by atoms with van der Waals surface area (Å²) in [7, 11) is 0. The molecule has 3 aliphatic rings. The second kappa shape index (κ2) is 23.9. The van der Waals surface area contributed by atoms with E-state index in [1.165, 1.54) is 17.0 Å². The number of nitro groups is 1. The SMILES string of the molecule is C=CCOC12Oc3ccc(Oc4ccc(C)c(C)c4)cc3C3C(CCCCO)C(CCCCO)C=C(C(=NOCc4ccc([N+](=O)[O-])cc4)CC1N(CCOCCO)C(=O)OCCCl)C32. The number of hydrogen-bond acceptors (Lipinski definition) is 13. The molecule has 3 aromatic carbocycles. The van der Waals surface area contributed by atoms with Gasteiger partial charge in [0.15, 0.2) is 0 Å². The highest BCUT2D eigenvalue weighted by molar-refractivity contribution is 6.18. The number of fused-ring (bicyclic) bond motifs is 2. The fraction of sp³-hybridized carbons (Fsp3) is 0.510. The van der Waals surface area contributed by atoms with E-state index in [1.807, 2.05) is 43.3 Å². The molecule has 1 fully saturated rings. The molecule has 3 aromatic rings. The standard InChI is InChI=1S/C49H62ClN3O12/c1-4-24-62-49-45(52(20-26-60-27-23-56)48(57)61-25-19-50)31-43(51-63-32-35-12-14-37(15-13-35)53(58)59)41-29-36(9-5-7-21-54)40(10-6-8-22-55)46(47(41)49)42-30-39(17-18-44(42)65-49)64-38-16-11-33(2)34(3)28-38/h4,11-18,28-30,36,40,45-47,54-56H,1,5-10,19-27,31-32H2,2-3H3. The van der Waals surface area contributed by atoms with Crippen molar-refractivity contribution < 1.29 is 53.6 Å². The summed E-state index contributed by atoms with van der Waals surface area (Å²) in [6, 6.07) is 16.9. The number of amides is 1. The number of rotatable bonds is 25. The van der Waals surface area contributed by atoms with Crippen molar-refractivity contribution in [2.75, 3.05) is 58.7 Å². The van der Waals surface area contributed by atoms with Crippen LogP contribution in [0.4, 0.5) is 10.5 Å². The van der Waals surface area contributed by atoms with E-state index in [1.54, 1.807) is 18.2 Å². The number of alkyl halides is 1. The largest absolute Gasteiger partial charge is 0.459 e. The van der Waals surface area contributed by atoms with Crippen LogP contribution < -0.4 is 9.47 Å². The lowest BCUT2D eigenvalue weighted by Gasteiger charge is -2.59. The van der Waals surface area contributed by atoms with Crippen molar-refractivity contribution in [3.05, 3.63) is 117 Å². The summed E-state index contributed by atoms with van der Waals surface area (Å²) in [4.78, 5) is 32.9. The Labute approximate surface area is 385 Å². The highest BCUT2D eigenvalue weighted by Crippen LogP contribution is 2.62. The molecular weight excluding hydrogens is 858 g/mol. The van der Waals surface area contributed by atoms with Gasteiger partial charge in [0, 0.05) is 49.8 Å². The maximum atomic E-state index is 14.3. The lowest BCUT2D eigenvalue weighted by Crippen LogP contribution is -2.70. The third kappa shape index (κ3) is 11.9. The number of benzene rings is 3. The number of carbonyl (C=O) groups excluding carboxylic acids is 1. The number of ether oxygens (including phenoxy) is 5. The van der Waals surface area contributed by atoms with E-state index < -0.39 is 28.8 Å². The minimum atomic E-state index is -1.56. The Morgan fingerprint density at radius 2 is 1.71 bits per heavy atom. The fourth-order valence-corrected chi connectivity index (χ4v) is 9.51. The van der Waals surface area contributed by atoms with E-state index >= 15 is 0 Å². The van der Waals surface area contributed by atoms with Crippen LogP contribution in [0.3, 0.4) is 0 Å². The molecule has 1 saturated carbocycles. The van der Waals surface area contributed by atoms with Crippen LogP contribution in [-0.2, 0) is 25.7 Å². The molecule has 16 heteroatoms. The Kier molecular flexibility index (Phi) is 18.2. The van der Waals surface area contributed by atoms with Gasteiger partial charge in [-0.3, -0.25) is 15.0 Å². The molecule has 65 heavy (non-hydrogen) atoms. The number of nitrogens with zero attached hydrogens (tertiary/aromatic N) is 3. The van der Waals surface area contributed by atoms with E-state index in [2.05, 4.69) is 19.6 Å². The van der Waals surface area contributed by atoms with E-state index in [-0.39, 0.29) is 95.1 Å². The molecule has 3 N–H and O–H groups in total. The van der Waals surface area contributed by atoms with Crippen LogP contribution in [0, 0.1) is 41.7 Å². The van der Waals surface area contributed by atoms with Crippen molar-refractivity contribution in [1.29, 1.82) is 0 Å². The van der Waals surface area contributed by atoms with Crippen molar-refractivity contribution in [2.24, 2.45) is 22.9 Å². The monoisotopic (exact) mass is 919 g/mol. The predicted octanol–water partition coefficient (Wildman–Crippen LogP) is 8.52. The normalized spacial score (nSPS) is 22.5. The molecule has 2 aliphatic carbocycles. The van der Waals surface area contributed by atoms with E-state index in [0.717, 1.165) is 47.9 Å². The van der Waals surface area contributed by atoms with Gasteiger partial charge in [-0.1, -0.05) is 36.2 Å². The van der Waals surface area contributed by atoms with Gasteiger partial charge in [0.05, 0.1) is 48.9 Å². The van der Waals surface area contributed by atoms with Gasteiger partial charge >= 0.3 is 6.09 Å². The van der Waals surface area contributed by atoms with E-state index in [4.69, 9.17) is 45.3 Å². The summed E-state index contributed by atoms with van der Waals surface area (Å²) < 4.78 is 32.3. The first-order valence-corrected chi connectivity index (χ1v) is 23.0. The number of unbranched alkanes of at least 4 members (excludes halogenated alkanes) is 2. The van der Waals surface area contributed by atoms with Gasteiger partial charge in [-0.2, -0.15) is 0 Å². The Morgan fingerprint density at radius 1 is 0.969 bits per heavy atom. The van der Waals surface area contributed by atoms with Crippen molar-refractivity contribution in [1.82, 2.24) is 4.90 Å². The molecule has 1 heterocycles. The number of non-ortho nitro benzene ring substituents is 1. The number of allylic oxidation sites excluding steroid dienone is 1. The molecule has 6 rings (SSSR count). The molecular formula is C49H62ClN3O12. The van der Waals surface area contributed by atoms with Crippen LogP contribution in [-0.4, -0.2) is 107 Å². The molecule has 352 valence electrons. The van der Waals surface area contributed by atoms with Crippen molar-refractivity contribution in [3.8, 4) is 17.2 Å². The molecule has 1 amide bonds. The zero-order chi connectivity index (χ0) is 46.3. The highest BCUT2D eigenvalue weighted by atomic mass is 35.5. The van der Waals surface area contributed by atoms with Gasteiger partial charge in [-0.25, -0.2) is 4.79 Å². The number of carbonyl (C=O) groups is 1. The lowest BCUT2D eigenvalue weighted by atomic mass is 9.55. The summed E-state index contributed by atoms with van der Waals surface area (Å²) in [6.45, 7) is 8.10. The average molecular weight is 920 g/mol. The lowest BCUT2D eigenvalue weighted by molar-refractivity contribution is -0.384. The van der Waals surface area contributed by atoms with Gasteiger partial charge in [0.1, 0.15) is 36.5 Å². The third-order valence-electron chi connectivity index (χ3n) is 12.5. The minimum Gasteiger partial charge on any atom is -0.459 e. The van der Waals surface area contributed by atoms with Crippen LogP contribution in [0.25, 0.3) is 0 Å². The molecule has 0 bridgehead atoms. The first kappa shape index (κ1) is 49.4. The van der Waals surface area contributed by atoms with Crippen LogP contribution >= 0.6 is 11.6 Å². The number of aliphatic hydroxyl groups excluding tert-OH is 3. The van der Waals surface area contributed by atoms with Crippen LogP contribution in [0.15, 0.2) is 90.1 Å². The highest BCUT2D eigenvalue weighted by Gasteiger charge is 2.65. The molecule has 0 spiro atoms. The van der Waals surface area contributed by atoms with Crippen LogP contribution in [0.1, 0.15) is 73.1 Å². The fourth-order valence-electron chi connectivity index (χ4n) is 9.44. The zero-order valence-corrected chi connectivity index (χ0v) is 38.0. The Bertz CT molecular complexity index is 2130. The van der Waals surface area contributed by atoms with Gasteiger partial charge in [-0.15, -0.1) is 18.2 Å². The first-order chi connectivity index (χ1) is 31.6. The van der Waals surface area contributed by atoms with Gasteiger partial charge in [0.2, 0.25) is 5.79 Å². The van der Waals surface area contributed by atoms with Gasteiger partial charge in [0.25, 0.3) is 5.69 Å². The number of halogens is 1. The maximum Gasteiger partial charge on any atom is 0.410 e. The molecule has 1 aliphatic heterocycles. The second-order valence-electron chi connectivity index (χ2n) is 16.7. The zero-order valence-electron chi connectivity index (χ0n) is 37.3. The molecule has 15 nitrogen and oxygen atoms in total. The number of hydrogen-bond donors (Lipinski definition) is 3. The molecule has 0 saturated heterocycles. The quantitative estimate of drug-likeness (QED) is 0.0242. The van der Waals surface area contributed by atoms with Crippen molar-refractivity contribution in [3.63, 3.8) is 0 Å². The summed E-state index contributed by atoms with van der Waals surface area (Å²) >= 11 is 6.04. The predicted molar refractivity (Wildman–Crippen MR) is 246 cm³/mol. The number of oxime groups is 1.